The standard InChI is InChI=1S/C12H16N2O3/c1-2-9-8-17-7-6-14(9)12(16)10-4-3-5-11(15)13-10/h3-5,9H,2,6-8H2,1H3,(H,13,15). The predicted octanol–water partition coefficient (Wildman–Crippen LogP) is 0.626. The Morgan fingerprint density at radius 3 is 3.12 bits per heavy atom. The summed E-state index contributed by atoms with van der Waals surface area (Å²) in [5, 5.41) is 0. The molecule has 1 aromatic rings. The monoisotopic (exact) mass is 236 g/mol. The number of carbonyl (C=O) groups is 1. The third kappa shape index (κ3) is 2.55. The third-order valence-electron chi connectivity index (χ3n) is 2.96. The molecule has 1 fully saturated rings. The number of H-pyrrole nitrogens is 1. The number of hydrogen-bond donors (Lipinski definition) is 1. The minimum absolute atomic E-state index is 0.0972. The maximum absolute atomic E-state index is 12.2. The fourth-order valence-corrected chi connectivity index (χ4v) is 1.99. The van der Waals surface area contributed by atoms with Crippen LogP contribution in [0.15, 0.2) is 23.0 Å². The van der Waals surface area contributed by atoms with Gasteiger partial charge in [-0.3, -0.25) is 9.59 Å². The van der Waals surface area contributed by atoms with Crippen LogP contribution >= 0.6 is 0 Å². The van der Waals surface area contributed by atoms with Crippen LogP contribution in [0.3, 0.4) is 0 Å². The number of ether oxygens (including phenoxy) is 1. The maximum Gasteiger partial charge on any atom is 0.270 e. The van der Waals surface area contributed by atoms with E-state index in [9.17, 15) is 9.59 Å². The van der Waals surface area contributed by atoms with Gasteiger partial charge in [0, 0.05) is 12.6 Å². The van der Waals surface area contributed by atoms with Gasteiger partial charge in [-0.15, -0.1) is 0 Å². The number of pyridine rings is 1. The first-order valence-corrected chi connectivity index (χ1v) is 5.80. The topological polar surface area (TPSA) is 62.4 Å². The number of rotatable bonds is 2. The van der Waals surface area contributed by atoms with E-state index in [1.54, 1.807) is 17.0 Å². The molecule has 0 saturated carbocycles. The molecule has 0 bridgehead atoms. The van der Waals surface area contributed by atoms with Crippen LogP contribution in [-0.4, -0.2) is 41.6 Å². The minimum Gasteiger partial charge on any atom is -0.377 e. The molecular weight excluding hydrogens is 220 g/mol. The molecule has 0 spiro atoms. The number of nitrogens with zero attached hydrogens (tertiary/aromatic N) is 1. The second kappa shape index (κ2) is 5.14. The van der Waals surface area contributed by atoms with Crippen molar-refractivity contribution in [1.29, 1.82) is 0 Å². The number of hydrogen-bond acceptors (Lipinski definition) is 3. The van der Waals surface area contributed by atoms with Crippen molar-refractivity contribution in [3.63, 3.8) is 0 Å². The van der Waals surface area contributed by atoms with Crippen LogP contribution in [0.2, 0.25) is 0 Å². The van der Waals surface area contributed by atoms with Crippen LogP contribution in [0.5, 0.6) is 0 Å². The zero-order valence-corrected chi connectivity index (χ0v) is 9.81. The Morgan fingerprint density at radius 1 is 1.59 bits per heavy atom. The molecule has 1 aliphatic rings. The minimum atomic E-state index is -0.253. The van der Waals surface area contributed by atoms with E-state index in [-0.39, 0.29) is 17.5 Å². The van der Waals surface area contributed by atoms with E-state index in [0.29, 0.717) is 25.5 Å². The highest BCUT2D eigenvalue weighted by Crippen LogP contribution is 2.13. The van der Waals surface area contributed by atoms with Crippen molar-refractivity contribution < 1.29 is 9.53 Å². The van der Waals surface area contributed by atoms with Gasteiger partial charge in [-0.1, -0.05) is 13.0 Å². The summed E-state index contributed by atoms with van der Waals surface area (Å²) < 4.78 is 5.35. The summed E-state index contributed by atoms with van der Waals surface area (Å²) in [5.41, 5.74) is 0.0926. The lowest BCUT2D eigenvalue weighted by Gasteiger charge is -2.34. The van der Waals surface area contributed by atoms with Gasteiger partial charge in [-0.2, -0.15) is 0 Å². The molecule has 1 saturated heterocycles. The van der Waals surface area contributed by atoms with Gasteiger partial charge in [0.05, 0.1) is 19.3 Å². The van der Waals surface area contributed by atoms with E-state index >= 15 is 0 Å². The average Bonchev–Trinajstić information content (AvgIpc) is 2.38. The van der Waals surface area contributed by atoms with Crippen LogP contribution < -0.4 is 5.56 Å². The van der Waals surface area contributed by atoms with Crippen molar-refractivity contribution in [1.82, 2.24) is 9.88 Å². The lowest BCUT2D eigenvalue weighted by Crippen LogP contribution is -2.48. The molecule has 2 heterocycles. The lowest BCUT2D eigenvalue weighted by molar-refractivity contribution is -0.00311. The maximum atomic E-state index is 12.2. The highest BCUT2D eigenvalue weighted by molar-refractivity contribution is 5.92. The fourth-order valence-electron chi connectivity index (χ4n) is 1.99. The second-order valence-electron chi connectivity index (χ2n) is 4.06. The molecule has 92 valence electrons. The average molecular weight is 236 g/mol. The Balaban J connectivity index is 2.21. The Hall–Kier alpha value is -1.62. The van der Waals surface area contributed by atoms with Gasteiger partial charge in [0.2, 0.25) is 5.56 Å². The molecule has 1 amide bonds. The molecule has 0 radical (unpaired) electrons. The van der Waals surface area contributed by atoms with Crippen molar-refractivity contribution in [2.45, 2.75) is 19.4 Å². The van der Waals surface area contributed by atoms with E-state index in [1.807, 2.05) is 6.92 Å². The van der Waals surface area contributed by atoms with E-state index < -0.39 is 0 Å². The molecule has 0 aliphatic carbocycles. The quantitative estimate of drug-likeness (QED) is 0.819. The Morgan fingerprint density at radius 2 is 2.41 bits per heavy atom. The Kier molecular flexibility index (Phi) is 3.58. The molecule has 1 N–H and O–H groups in total. The molecular formula is C12H16N2O3. The molecule has 17 heavy (non-hydrogen) atoms. The van der Waals surface area contributed by atoms with Crippen LogP contribution in [0.4, 0.5) is 0 Å². The molecule has 1 unspecified atom stereocenters. The van der Waals surface area contributed by atoms with Crippen molar-refractivity contribution in [3.8, 4) is 0 Å². The summed E-state index contributed by atoms with van der Waals surface area (Å²) in [5.74, 6) is -0.127. The first-order valence-electron chi connectivity index (χ1n) is 5.80. The summed E-state index contributed by atoms with van der Waals surface area (Å²) >= 11 is 0. The first-order chi connectivity index (χ1) is 8.22. The summed E-state index contributed by atoms with van der Waals surface area (Å²) in [4.78, 5) is 27.7. The van der Waals surface area contributed by atoms with E-state index in [2.05, 4.69) is 4.98 Å². The Bertz CT molecular complexity index is 455. The van der Waals surface area contributed by atoms with E-state index in [4.69, 9.17) is 4.74 Å². The third-order valence-corrected chi connectivity index (χ3v) is 2.96. The smallest absolute Gasteiger partial charge is 0.270 e. The molecule has 1 aliphatic heterocycles. The highest BCUT2D eigenvalue weighted by Gasteiger charge is 2.26. The van der Waals surface area contributed by atoms with Gasteiger partial charge in [-0.25, -0.2) is 0 Å². The summed E-state index contributed by atoms with van der Waals surface area (Å²) in [7, 11) is 0. The molecule has 5 heteroatoms. The van der Waals surface area contributed by atoms with Gasteiger partial charge in [0.1, 0.15) is 5.69 Å². The second-order valence-corrected chi connectivity index (χ2v) is 4.06. The molecule has 5 nitrogen and oxygen atoms in total. The van der Waals surface area contributed by atoms with Crippen molar-refractivity contribution in [2.75, 3.05) is 19.8 Å². The summed E-state index contributed by atoms with van der Waals surface area (Å²) in [6.07, 6.45) is 0.850. The lowest BCUT2D eigenvalue weighted by atomic mass is 10.1. The Labute approximate surface area is 99.4 Å². The summed E-state index contributed by atoms with van der Waals surface area (Å²) in [6, 6.07) is 4.72. The molecule has 0 aromatic carbocycles. The SMILES string of the molecule is CCC1COCCN1C(=O)c1cccc(=O)[nH]1. The van der Waals surface area contributed by atoms with Crippen molar-refractivity contribution in [2.24, 2.45) is 0 Å². The zero-order valence-electron chi connectivity index (χ0n) is 9.81. The number of amides is 1. The molecule has 2 rings (SSSR count). The highest BCUT2D eigenvalue weighted by atomic mass is 16.5. The van der Waals surface area contributed by atoms with Crippen LogP contribution in [0.25, 0.3) is 0 Å². The summed E-state index contributed by atoms with van der Waals surface area (Å²) in [6.45, 7) is 3.72. The van der Waals surface area contributed by atoms with Gasteiger partial charge in [-0.05, 0) is 12.5 Å². The van der Waals surface area contributed by atoms with Gasteiger partial charge < -0.3 is 14.6 Å². The number of aromatic nitrogens is 1. The number of carbonyl (C=O) groups excluding carboxylic acids is 1. The normalized spacial score (nSPS) is 20.3. The van der Waals surface area contributed by atoms with Gasteiger partial charge >= 0.3 is 0 Å². The van der Waals surface area contributed by atoms with Gasteiger partial charge in [0.25, 0.3) is 5.91 Å². The molecule has 1 atom stereocenters. The van der Waals surface area contributed by atoms with Gasteiger partial charge in [0.15, 0.2) is 0 Å². The van der Waals surface area contributed by atoms with E-state index in [1.165, 1.54) is 6.07 Å². The van der Waals surface area contributed by atoms with Crippen LogP contribution in [0, 0.1) is 0 Å². The number of nitrogens with one attached hydrogen (secondary N) is 1. The molecule has 1 aromatic heterocycles. The first kappa shape index (κ1) is 11.9. The number of aromatic amines is 1. The largest absolute Gasteiger partial charge is 0.377 e. The van der Waals surface area contributed by atoms with Crippen LogP contribution in [0.1, 0.15) is 23.8 Å². The zero-order chi connectivity index (χ0) is 12.3. The van der Waals surface area contributed by atoms with Crippen molar-refractivity contribution in [3.05, 3.63) is 34.2 Å². The predicted molar refractivity (Wildman–Crippen MR) is 63.0 cm³/mol. The van der Waals surface area contributed by atoms with E-state index in [0.717, 1.165) is 6.42 Å². The van der Waals surface area contributed by atoms with Crippen LogP contribution in [-0.2, 0) is 4.74 Å². The fraction of sp³-hybridized carbons (Fsp3) is 0.500. The van der Waals surface area contributed by atoms with Crippen molar-refractivity contribution >= 4 is 5.91 Å². The number of morpholine rings is 1.